The number of hydrogen-bond acceptors (Lipinski definition) is 2. The quantitative estimate of drug-likeness (QED) is 0.665. The lowest BCUT2D eigenvalue weighted by Crippen LogP contribution is -2.41. The third-order valence-electron chi connectivity index (χ3n) is 4.62. The molecule has 0 atom stereocenters. The number of aromatic nitrogens is 1. The molecule has 0 fully saturated rings. The van der Waals surface area contributed by atoms with Gasteiger partial charge in [-0.15, -0.1) is 0 Å². The van der Waals surface area contributed by atoms with Crippen molar-refractivity contribution in [3.8, 4) is 0 Å². The van der Waals surface area contributed by atoms with Gasteiger partial charge in [-0.25, -0.2) is 13.8 Å². The van der Waals surface area contributed by atoms with Crippen molar-refractivity contribution in [3.05, 3.63) is 89.6 Å². The van der Waals surface area contributed by atoms with Crippen LogP contribution in [0.2, 0.25) is 0 Å². The molecule has 148 valence electrons. The van der Waals surface area contributed by atoms with Crippen LogP contribution in [0, 0.1) is 18.6 Å². The van der Waals surface area contributed by atoms with Gasteiger partial charge in [0.25, 0.3) is 0 Å². The summed E-state index contributed by atoms with van der Waals surface area (Å²) >= 11 is 0. The Morgan fingerprint density at radius 2 is 1.90 bits per heavy atom. The molecular weight excluding hydrogens is 374 g/mol. The van der Waals surface area contributed by atoms with E-state index in [1.165, 1.54) is 19.2 Å². The first-order valence-corrected chi connectivity index (χ1v) is 9.03. The zero-order chi connectivity index (χ0) is 20.5. The Balaban J connectivity index is 1.78. The van der Waals surface area contributed by atoms with Gasteiger partial charge in [0, 0.05) is 23.2 Å². The van der Waals surface area contributed by atoms with Gasteiger partial charge in [0.1, 0.15) is 11.6 Å². The highest BCUT2D eigenvalue weighted by atomic mass is 19.1. The Hall–Kier alpha value is -3.61. The molecule has 0 saturated heterocycles. The van der Waals surface area contributed by atoms with E-state index >= 15 is 0 Å². The van der Waals surface area contributed by atoms with Gasteiger partial charge in [0.05, 0.1) is 31.2 Å². The van der Waals surface area contributed by atoms with Crippen LogP contribution >= 0.6 is 0 Å². The summed E-state index contributed by atoms with van der Waals surface area (Å²) in [6.07, 6.45) is 3.57. The Morgan fingerprint density at radius 3 is 2.62 bits per heavy atom. The molecule has 1 aliphatic rings. The van der Waals surface area contributed by atoms with E-state index in [0.29, 0.717) is 23.0 Å². The van der Waals surface area contributed by atoms with Crippen LogP contribution in [0.3, 0.4) is 0 Å². The summed E-state index contributed by atoms with van der Waals surface area (Å²) in [6, 6.07) is 9.41. The maximum Gasteiger partial charge on any atom is 0.208 e. The molecule has 1 aromatic heterocycles. The van der Waals surface area contributed by atoms with Crippen molar-refractivity contribution in [1.29, 1.82) is 0 Å². The summed E-state index contributed by atoms with van der Waals surface area (Å²) < 4.78 is 32.6. The lowest BCUT2D eigenvalue weighted by Gasteiger charge is -2.30. The van der Waals surface area contributed by atoms with Gasteiger partial charge in [-0.3, -0.25) is 0 Å². The SMILES string of the molecule is C=C1NC(=Nc2cc(C)cc3[nH]ccc23)N(Cc2cc(F)cc(F)c2)C=C1OC. The molecule has 29 heavy (non-hydrogen) atoms. The van der Waals surface area contributed by atoms with Gasteiger partial charge >= 0.3 is 0 Å². The maximum atomic E-state index is 13.7. The Bertz CT molecular complexity index is 1140. The summed E-state index contributed by atoms with van der Waals surface area (Å²) in [7, 11) is 1.53. The number of H-pyrrole nitrogens is 1. The fraction of sp³-hybridized carbons (Fsp3) is 0.136. The lowest BCUT2D eigenvalue weighted by atomic mass is 10.1. The molecule has 2 aromatic carbocycles. The van der Waals surface area contributed by atoms with E-state index < -0.39 is 11.6 Å². The van der Waals surface area contributed by atoms with Crippen molar-refractivity contribution < 1.29 is 13.5 Å². The minimum Gasteiger partial charge on any atom is -0.493 e. The lowest BCUT2D eigenvalue weighted by molar-refractivity contribution is 0.282. The zero-order valence-corrected chi connectivity index (χ0v) is 16.1. The highest BCUT2D eigenvalue weighted by Gasteiger charge is 2.21. The van der Waals surface area contributed by atoms with Gasteiger partial charge in [-0.05, 0) is 48.4 Å². The number of rotatable bonds is 4. The third kappa shape index (κ3) is 3.85. The van der Waals surface area contributed by atoms with Crippen LogP contribution in [0.5, 0.6) is 0 Å². The first-order valence-electron chi connectivity index (χ1n) is 9.03. The van der Waals surface area contributed by atoms with E-state index in [9.17, 15) is 8.78 Å². The molecule has 4 rings (SSSR count). The first kappa shape index (κ1) is 18.7. The van der Waals surface area contributed by atoms with Crippen molar-refractivity contribution in [1.82, 2.24) is 15.2 Å². The fourth-order valence-electron chi connectivity index (χ4n) is 3.33. The fourth-order valence-corrected chi connectivity index (χ4v) is 3.33. The molecule has 0 spiro atoms. The highest BCUT2D eigenvalue weighted by molar-refractivity contribution is 5.96. The van der Waals surface area contributed by atoms with Crippen molar-refractivity contribution in [3.63, 3.8) is 0 Å². The van der Waals surface area contributed by atoms with Crippen LogP contribution in [0.25, 0.3) is 10.9 Å². The second-order valence-corrected chi connectivity index (χ2v) is 6.86. The predicted molar refractivity (Wildman–Crippen MR) is 109 cm³/mol. The highest BCUT2D eigenvalue weighted by Crippen LogP contribution is 2.28. The normalized spacial score (nSPS) is 15.6. The van der Waals surface area contributed by atoms with Crippen molar-refractivity contribution in [2.45, 2.75) is 13.5 Å². The molecule has 0 radical (unpaired) electrons. The van der Waals surface area contributed by atoms with Crippen LogP contribution in [-0.2, 0) is 11.3 Å². The number of aliphatic imine (C=N–C) groups is 1. The Labute approximate surface area is 167 Å². The number of nitrogens with one attached hydrogen (secondary N) is 2. The van der Waals surface area contributed by atoms with Crippen molar-refractivity contribution >= 4 is 22.5 Å². The largest absolute Gasteiger partial charge is 0.493 e. The van der Waals surface area contributed by atoms with Gasteiger partial charge in [0.2, 0.25) is 5.96 Å². The third-order valence-corrected chi connectivity index (χ3v) is 4.62. The summed E-state index contributed by atoms with van der Waals surface area (Å²) in [6.45, 7) is 6.15. The summed E-state index contributed by atoms with van der Waals surface area (Å²) in [5, 5.41) is 4.10. The number of nitrogens with zero attached hydrogens (tertiary/aromatic N) is 2. The first-order chi connectivity index (χ1) is 13.9. The van der Waals surface area contributed by atoms with Gasteiger partial charge in [0.15, 0.2) is 5.76 Å². The average molecular weight is 394 g/mol. The zero-order valence-electron chi connectivity index (χ0n) is 16.1. The van der Waals surface area contributed by atoms with E-state index in [4.69, 9.17) is 9.73 Å². The van der Waals surface area contributed by atoms with Crippen LogP contribution in [0.1, 0.15) is 11.1 Å². The molecule has 2 N–H and O–H groups in total. The molecule has 5 nitrogen and oxygen atoms in total. The summed E-state index contributed by atoms with van der Waals surface area (Å²) in [5.74, 6) is -0.265. The number of fused-ring (bicyclic) bond motifs is 1. The number of ether oxygens (including phenoxy) is 1. The Kier molecular flexibility index (Phi) is 4.80. The minimum absolute atomic E-state index is 0.197. The van der Waals surface area contributed by atoms with E-state index in [0.717, 1.165) is 28.2 Å². The van der Waals surface area contributed by atoms with Gasteiger partial charge in [-0.2, -0.15) is 0 Å². The molecule has 7 heteroatoms. The standard InChI is InChI=1S/C22H20F2N4O/c1-13-6-19-18(4-5-25-19)20(7-13)27-22-26-14(2)21(29-3)12-28(22)11-15-8-16(23)10-17(24)9-15/h4-10,12,25H,2,11H2,1,3H3,(H,26,27). The number of guanidine groups is 1. The summed E-state index contributed by atoms with van der Waals surface area (Å²) in [5.41, 5.74) is 3.81. The molecule has 1 aliphatic heterocycles. The number of aromatic amines is 1. The maximum absolute atomic E-state index is 13.7. The number of methoxy groups -OCH3 is 1. The molecule has 0 saturated carbocycles. The smallest absolute Gasteiger partial charge is 0.208 e. The van der Waals surface area contributed by atoms with Crippen LogP contribution in [0.15, 0.2) is 71.8 Å². The molecule has 2 heterocycles. The van der Waals surface area contributed by atoms with Gasteiger partial charge < -0.3 is 19.9 Å². The number of halogens is 2. The Morgan fingerprint density at radius 1 is 1.14 bits per heavy atom. The number of aryl methyl sites for hydroxylation is 1. The van der Waals surface area contributed by atoms with E-state index in [2.05, 4.69) is 16.9 Å². The molecule has 3 aromatic rings. The summed E-state index contributed by atoms with van der Waals surface area (Å²) in [4.78, 5) is 9.71. The minimum atomic E-state index is -0.628. The second kappa shape index (κ2) is 7.43. The predicted octanol–water partition coefficient (Wildman–Crippen LogP) is 4.85. The monoisotopic (exact) mass is 394 g/mol. The molecule has 0 aliphatic carbocycles. The number of benzene rings is 2. The average Bonchev–Trinajstić information content (AvgIpc) is 3.11. The molecule has 0 bridgehead atoms. The van der Waals surface area contributed by atoms with E-state index in [-0.39, 0.29) is 6.54 Å². The topological polar surface area (TPSA) is 52.7 Å². The molecule has 0 unspecified atom stereocenters. The van der Waals surface area contributed by atoms with Crippen LogP contribution < -0.4 is 5.32 Å². The van der Waals surface area contributed by atoms with Crippen LogP contribution in [0.4, 0.5) is 14.5 Å². The van der Waals surface area contributed by atoms with E-state index in [1.807, 2.05) is 31.3 Å². The molecular formula is C22H20F2N4O. The van der Waals surface area contributed by atoms with E-state index in [1.54, 1.807) is 11.1 Å². The molecule has 0 amide bonds. The van der Waals surface area contributed by atoms with Crippen molar-refractivity contribution in [2.75, 3.05) is 7.11 Å². The van der Waals surface area contributed by atoms with Gasteiger partial charge in [-0.1, -0.05) is 6.58 Å². The van der Waals surface area contributed by atoms with Crippen molar-refractivity contribution in [2.24, 2.45) is 4.99 Å². The van der Waals surface area contributed by atoms with Crippen LogP contribution in [-0.4, -0.2) is 23.0 Å². The number of hydrogen-bond donors (Lipinski definition) is 2. The second-order valence-electron chi connectivity index (χ2n) is 6.86.